The molecule has 0 bridgehead atoms. The first-order chi connectivity index (χ1) is 7.68. The molecule has 4 heteroatoms. The molecule has 0 aromatic heterocycles. The Morgan fingerprint density at radius 1 is 1.50 bits per heavy atom. The van der Waals surface area contributed by atoms with Crippen molar-refractivity contribution in [1.82, 2.24) is 10.2 Å². The molecule has 1 unspecified atom stereocenters. The molecule has 1 amide bonds. The van der Waals surface area contributed by atoms with E-state index in [-0.39, 0.29) is 11.9 Å². The third-order valence-electron chi connectivity index (χ3n) is 2.82. The predicted octanol–water partition coefficient (Wildman–Crippen LogP) is 1.94. The van der Waals surface area contributed by atoms with Crippen LogP contribution in [0.4, 0.5) is 0 Å². The molecule has 1 aromatic carbocycles. The fraction of sp³-hybridized carbons (Fsp3) is 0.417. The van der Waals surface area contributed by atoms with Crippen molar-refractivity contribution in [2.75, 3.05) is 20.1 Å². The third kappa shape index (κ3) is 2.44. The molecular formula is C12H15BrN2O. The standard InChI is InChI=1S/C12H15BrN2O/c1-15-7-3-6-14-11(12(15)16)9-4-2-5-10(13)8-9/h2,4-5,8,11,14H,3,6-7H2,1H3. The van der Waals surface area contributed by atoms with E-state index in [0.29, 0.717) is 0 Å². The zero-order valence-corrected chi connectivity index (χ0v) is 10.8. The number of carbonyl (C=O) groups excluding carboxylic acids is 1. The number of hydrogen-bond acceptors (Lipinski definition) is 2. The average molecular weight is 283 g/mol. The van der Waals surface area contributed by atoms with Gasteiger partial charge in [-0.2, -0.15) is 0 Å². The molecular weight excluding hydrogens is 268 g/mol. The maximum Gasteiger partial charge on any atom is 0.244 e. The van der Waals surface area contributed by atoms with Gasteiger partial charge in [0, 0.05) is 18.1 Å². The van der Waals surface area contributed by atoms with Crippen LogP contribution in [0.5, 0.6) is 0 Å². The zero-order valence-electron chi connectivity index (χ0n) is 9.24. The zero-order chi connectivity index (χ0) is 11.5. The van der Waals surface area contributed by atoms with Crippen LogP contribution in [0.2, 0.25) is 0 Å². The molecule has 1 heterocycles. The molecule has 16 heavy (non-hydrogen) atoms. The molecule has 0 spiro atoms. The highest BCUT2D eigenvalue weighted by Gasteiger charge is 2.25. The Morgan fingerprint density at radius 2 is 2.31 bits per heavy atom. The Labute approximate surface area is 104 Å². The SMILES string of the molecule is CN1CCCNC(c2cccc(Br)c2)C1=O. The van der Waals surface area contributed by atoms with Crippen molar-refractivity contribution in [2.45, 2.75) is 12.5 Å². The van der Waals surface area contributed by atoms with E-state index in [2.05, 4.69) is 21.2 Å². The van der Waals surface area contributed by atoms with E-state index in [1.165, 1.54) is 0 Å². The van der Waals surface area contributed by atoms with Crippen LogP contribution in [0.1, 0.15) is 18.0 Å². The third-order valence-corrected chi connectivity index (χ3v) is 3.32. The van der Waals surface area contributed by atoms with Crippen molar-refractivity contribution < 1.29 is 4.79 Å². The Bertz CT molecular complexity index is 394. The maximum absolute atomic E-state index is 12.1. The summed E-state index contributed by atoms with van der Waals surface area (Å²) in [7, 11) is 1.86. The van der Waals surface area contributed by atoms with E-state index < -0.39 is 0 Å². The van der Waals surface area contributed by atoms with E-state index >= 15 is 0 Å². The van der Waals surface area contributed by atoms with Crippen molar-refractivity contribution in [3.05, 3.63) is 34.3 Å². The second kappa shape index (κ2) is 4.97. The Hall–Kier alpha value is -0.870. The van der Waals surface area contributed by atoms with Gasteiger partial charge in [0.2, 0.25) is 5.91 Å². The van der Waals surface area contributed by atoms with Crippen molar-refractivity contribution in [1.29, 1.82) is 0 Å². The molecule has 1 fully saturated rings. The predicted molar refractivity (Wildman–Crippen MR) is 67.1 cm³/mol. The molecule has 1 N–H and O–H groups in total. The number of rotatable bonds is 1. The molecule has 1 atom stereocenters. The van der Waals surface area contributed by atoms with Gasteiger partial charge in [0.1, 0.15) is 6.04 Å². The van der Waals surface area contributed by atoms with Crippen molar-refractivity contribution >= 4 is 21.8 Å². The second-order valence-corrected chi connectivity index (χ2v) is 4.97. The number of nitrogens with zero attached hydrogens (tertiary/aromatic N) is 1. The van der Waals surface area contributed by atoms with Gasteiger partial charge >= 0.3 is 0 Å². The van der Waals surface area contributed by atoms with Gasteiger partial charge in [-0.3, -0.25) is 4.79 Å². The second-order valence-electron chi connectivity index (χ2n) is 4.06. The van der Waals surface area contributed by atoms with Gasteiger partial charge in [-0.05, 0) is 30.7 Å². The molecule has 1 aliphatic heterocycles. The van der Waals surface area contributed by atoms with Gasteiger partial charge in [0.05, 0.1) is 0 Å². The molecule has 1 aliphatic rings. The molecule has 1 saturated heterocycles. The lowest BCUT2D eigenvalue weighted by Gasteiger charge is -2.20. The summed E-state index contributed by atoms with van der Waals surface area (Å²) >= 11 is 3.43. The molecule has 3 nitrogen and oxygen atoms in total. The smallest absolute Gasteiger partial charge is 0.244 e. The van der Waals surface area contributed by atoms with Crippen LogP contribution >= 0.6 is 15.9 Å². The first-order valence-corrected chi connectivity index (χ1v) is 6.21. The summed E-state index contributed by atoms with van der Waals surface area (Å²) in [5.74, 6) is 0.149. The van der Waals surface area contributed by atoms with Gasteiger partial charge in [-0.1, -0.05) is 28.1 Å². The minimum atomic E-state index is -0.204. The number of halogens is 1. The lowest BCUT2D eigenvalue weighted by Crippen LogP contribution is -2.35. The Morgan fingerprint density at radius 3 is 3.06 bits per heavy atom. The molecule has 0 radical (unpaired) electrons. The molecule has 2 rings (SSSR count). The summed E-state index contributed by atoms with van der Waals surface area (Å²) in [5.41, 5.74) is 1.02. The first kappa shape index (κ1) is 11.6. The van der Waals surface area contributed by atoms with Crippen LogP contribution in [-0.2, 0) is 4.79 Å². The fourth-order valence-corrected chi connectivity index (χ4v) is 2.34. The van der Waals surface area contributed by atoms with Gasteiger partial charge in [-0.25, -0.2) is 0 Å². The number of likely N-dealkylation sites (N-methyl/N-ethyl adjacent to an activating group) is 1. The van der Waals surface area contributed by atoms with E-state index in [1.54, 1.807) is 4.90 Å². The first-order valence-electron chi connectivity index (χ1n) is 5.42. The van der Waals surface area contributed by atoms with E-state index in [4.69, 9.17) is 0 Å². The number of amides is 1. The number of benzene rings is 1. The average Bonchev–Trinajstić information content (AvgIpc) is 2.42. The van der Waals surface area contributed by atoms with Gasteiger partial charge in [0.15, 0.2) is 0 Å². The van der Waals surface area contributed by atoms with Crippen LogP contribution in [0.15, 0.2) is 28.7 Å². The van der Waals surface area contributed by atoms with Crippen LogP contribution in [0, 0.1) is 0 Å². The van der Waals surface area contributed by atoms with Gasteiger partial charge < -0.3 is 10.2 Å². The van der Waals surface area contributed by atoms with Crippen molar-refractivity contribution in [3.8, 4) is 0 Å². The summed E-state index contributed by atoms with van der Waals surface area (Å²) in [4.78, 5) is 13.9. The largest absolute Gasteiger partial charge is 0.344 e. The summed E-state index contributed by atoms with van der Waals surface area (Å²) in [6.45, 7) is 1.71. The Balaban J connectivity index is 2.27. The summed E-state index contributed by atoms with van der Waals surface area (Å²) in [6.07, 6.45) is 1.01. The van der Waals surface area contributed by atoms with Gasteiger partial charge in [0.25, 0.3) is 0 Å². The number of carbonyl (C=O) groups is 1. The van der Waals surface area contributed by atoms with Crippen LogP contribution in [0.3, 0.4) is 0 Å². The highest BCUT2D eigenvalue weighted by molar-refractivity contribution is 9.10. The van der Waals surface area contributed by atoms with E-state index in [0.717, 1.165) is 29.5 Å². The Kier molecular flexibility index (Phi) is 3.61. The lowest BCUT2D eigenvalue weighted by molar-refractivity contribution is -0.131. The minimum Gasteiger partial charge on any atom is -0.344 e. The van der Waals surface area contributed by atoms with Crippen molar-refractivity contribution in [3.63, 3.8) is 0 Å². The van der Waals surface area contributed by atoms with Crippen LogP contribution < -0.4 is 5.32 Å². The highest BCUT2D eigenvalue weighted by atomic mass is 79.9. The van der Waals surface area contributed by atoms with Gasteiger partial charge in [-0.15, -0.1) is 0 Å². The molecule has 0 aliphatic carbocycles. The number of hydrogen-bond donors (Lipinski definition) is 1. The van der Waals surface area contributed by atoms with Crippen LogP contribution in [0.25, 0.3) is 0 Å². The molecule has 86 valence electrons. The molecule has 1 aromatic rings. The quantitative estimate of drug-likeness (QED) is 0.854. The summed E-state index contributed by atoms with van der Waals surface area (Å²) in [6, 6.07) is 7.70. The summed E-state index contributed by atoms with van der Waals surface area (Å²) in [5, 5.41) is 3.29. The summed E-state index contributed by atoms with van der Waals surface area (Å²) < 4.78 is 1.01. The lowest BCUT2D eigenvalue weighted by atomic mass is 10.1. The molecule has 0 saturated carbocycles. The van der Waals surface area contributed by atoms with E-state index in [9.17, 15) is 4.79 Å². The number of nitrogens with one attached hydrogen (secondary N) is 1. The van der Waals surface area contributed by atoms with Crippen molar-refractivity contribution in [2.24, 2.45) is 0 Å². The monoisotopic (exact) mass is 282 g/mol. The maximum atomic E-state index is 12.1. The van der Waals surface area contributed by atoms with Crippen LogP contribution in [-0.4, -0.2) is 30.9 Å². The fourth-order valence-electron chi connectivity index (χ4n) is 1.93. The van der Waals surface area contributed by atoms with E-state index in [1.807, 2.05) is 31.3 Å². The highest BCUT2D eigenvalue weighted by Crippen LogP contribution is 2.21. The topological polar surface area (TPSA) is 32.3 Å². The minimum absolute atomic E-state index is 0.149. The normalized spacial score (nSPS) is 22.0.